The molecule has 1 aliphatic heterocycles. The van der Waals surface area contributed by atoms with Crippen LogP contribution in [-0.2, 0) is 6.54 Å². The van der Waals surface area contributed by atoms with Gasteiger partial charge in [0, 0.05) is 50.8 Å². The molecule has 0 atom stereocenters. The third-order valence-corrected chi connectivity index (χ3v) is 4.28. The summed E-state index contributed by atoms with van der Waals surface area (Å²) < 4.78 is 0. The van der Waals surface area contributed by atoms with Gasteiger partial charge in [-0.15, -0.1) is 0 Å². The number of piperazine rings is 1. The van der Waals surface area contributed by atoms with Crippen LogP contribution in [0.4, 0.5) is 5.82 Å². The molecule has 0 radical (unpaired) electrons. The van der Waals surface area contributed by atoms with Crippen LogP contribution in [-0.4, -0.2) is 51.0 Å². The Hall–Kier alpha value is -2.73. The number of nitrogens with zero attached hydrogens (tertiary/aromatic N) is 5. The van der Waals surface area contributed by atoms with E-state index in [4.69, 9.17) is 0 Å². The van der Waals surface area contributed by atoms with Gasteiger partial charge in [0.05, 0.1) is 6.20 Å². The molecule has 3 aromatic heterocycles. The predicted octanol–water partition coefficient (Wildman–Crippen LogP) is 2.19. The number of aromatic amines is 1. The highest BCUT2D eigenvalue weighted by Crippen LogP contribution is 2.16. The number of hydrogen-bond acceptors (Lipinski definition) is 5. The summed E-state index contributed by atoms with van der Waals surface area (Å²) in [7, 11) is 0. The molecule has 0 saturated carbocycles. The van der Waals surface area contributed by atoms with E-state index < -0.39 is 0 Å². The Morgan fingerprint density at radius 1 is 0.875 bits per heavy atom. The van der Waals surface area contributed by atoms with E-state index >= 15 is 0 Å². The first kappa shape index (κ1) is 14.8. The minimum Gasteiger partial charge on any atom is -0.354 e. The summed E-state index contributed by atoms with van der Waals surface area (Å²) in [6, 6.07) is 11.9. The van der Waals surface area contributed by atoms with Gasteiger partial charge in [0.2, 0.25) is 0 Å². The standard InChI is InChI=1S/C18H20N6/c1-3-7-19-16(5-1)18-21-13-15(22-18)14-23-9-11-24(12-10-23)17-6-2-4-8-20-17/h1-8,13H,9-12,14H2,(H,21,22). The van der Waals surface area contributed by atoms with Crippen molar-refractivity contribution in [2.75, 3.05) is 31.1 Å². The van der Waals surface area contributed by atoms with Crippen molar-refractivity contribution in [1.82, 2.24) is 24.8 Å². The van der Waals surface area contributed by atoms with Crippen molar-refractivity contribution >= 4 is 5.82 Å². The molecule has 0 unspecified atom stereocenters. The van der Waals surface area contributed by atoms with Gasteiger partial charge in [-0.25, -0.2) is 9.97 Å². The Kier molecular flexibility index (Phi) is 4.20. The lowest BCUT2D eigenvalue weighted by atomic mass is 10.3. The average Bonchev–Trinajstić information content (AvgIpc) is 3.12. The van der Waals surface area contributed by atoms with Gasteiger partial charge in [0.1, 0.15) is 11.5 Å². The zero-order valence-corrected chi connectivity index (χ0v) is 13.5. The van der Waals surface area contributed by atoms with Crippen molar-refractivity contribution in [3.05, 3.63) is 60.7 Å². The van der Waals surface area contributed by atoms with Crippen LogP contribution in [0.2, 0.25) is 0 Å². The van der Waals surface area contributed by atoms with Gasteiger partial charge in [-0.2, -0.15) is 0 Å². The monoisotopic (exact) mass is 320 g/mol. The molecule has 122 valence electrons. The molecule has 24 heavy (non-hydrogen) atoms. The molecule has 0 aromatic carbocycles. The number of imidazole rings is 1. The lowest BCUT2D eigenvalue weighted by molar-refractivity contribution is 0.247. The van der Waals surface area contributed by atoms with E-state index in [0.29, 0.717) is 0 Å². The fourth-order valence-corrected chi connectivity index (χ4v) is 2.99. The molecule has 1 saturated heterocycles. The zero-order chi connectivity index (χ0) is 16.2. The Morgan fingerprint density at radius 3 is 2.38 bits per heavy atom. The van der Waals surface area contributed by atoms with E-state index in [0.717, 1.165) is 55.8 Å². The quantitative estimate of drug-likeness (QED) is 0.798. The first-order chi connectivity index (χ1) is 11.9. The van der Waals surface area contributed by atoms with Crippen molar-refractivity contribution in [2.45, 2.75) is 6.54 Å². The second-order valence-corrected chi connectivity index (χ2v) is 5.92. The van der Waals surface area contributed by atoms with E-state index in [1.807, 2.05) is 42.7 Å². The molecule has 1 N–H and O–H groups in total. The van der Waals surface area contributed by atoms with Gasteiger partial charge < -0.3 is 9.88 Å². The fraction of sp³-hybridized carbons (Fsp3) is 0.278. The number of anilines is 1. The molecule has 0 aliphatic carbocycles. The molecule has 1 aliphatic rings. The van der Waals surface area contributed by atoms with Crippen LogP contribution in [0.3, 0.4) is 0 Å². The molecular weight excluding hydrogens is 300 g/mol. The maximum Gasteiger partial charge on any atom is 0.156 e. The van der Waals surface area contributed by atoms with Crippen molar-refractivity contribution in [3.8, 4) is 11.5 Å². The predicted molar refractivity (Wildman–Crippen MR) is 93.5 cm³/mol. The smallest absolute Gasteiger partial charge is 0.156 e. The van der Waals surface area contributed by atoms with Crippen LogP contribution in [0, 0.1) is 0 Å². The summed E-state index contributed by atoms with van der Waals surface area (Å²) in [5.74, 6) is 1.90. The van der Waals surface area contributed by atoms with Crippen LogP contribution in [0.5, 0.6) is 0 Å². The zero-order valence-electron chi connectivity index (χ0n) is 13.5. The first-order valence-corrected chi connectivity index (χ1v) is 8.22. The van der Waals surface area contributed by atoms with Gasteiger partial charge >= 0.3 is 0 Å². The van der Waals surface area contributed by atoms with E-state index in [2.05, 4.69) is 35.8 Å². The number of nitrogens with one attached hydrogen (secondary N) is 1. The normalized spacial score (nSPS) is 15.6. The lowest BCUT2D eigenvalue weighted by Crippen LogP contribution is -2.46. The molecule has 6 heteroatoms. The Balaban J connectivity index is 1.35. The second kappa shape index (κ2) is 6.80. The van der Waals surface area contributed by atoms with E-state index in [1.54, 1.807) is 6.20 Å². The molecule has 1 fully saturated rings. The Labute approximate surface area is 141 Å². The average molecular weight is 320 g/mol. The minimum atomic E-state index is 0.831. The summed E-state index contributed by atoms with van der Waals surface area (Å²) in [4.78, 5) is 21.4. The fourth-order valence-electron chi connectivity index (χ4n) is 2.99. The number of aromatic nitrogens is 4. The van der Waals surface area contributed by atoms with Crippen LogP contribution in [0.25, 0.3) is 11.5 Å². The molecule has 3 aromatic rings. The van der Waals surface area contributed by atoms with E-state index in [1.165, 1.54) is 0 Å². The molecule has 6 nitrogen and oxygen atoms in total. The number of hydrogen-bond donors (Lipinski definition) is 1. The van der Waals surface area contributed by atoms with Crippen LogP contribution in [0.1, 0.15) is 5.69 Å². The minimum absolute atomic E-state index is 0.831. The SMILES string of the molecule is c1ccc(-c2ncc(CN3CCN(c4ccccn4)CC3)[nH]2)nc1. The third kappa shape index (κ3) is 3.28. The molecule has 4 rings (SSSR count). The Bertz CT molecular complexity index is 762. The maximum atomic E-state index is 4.45. The van der Waals surface area contributed by atoms with E-state index in [-0.39, 0.29) is 0 Å². The molecule has 0 bridgehead atoms. The molecule has 0 amide bonds. The van der Waals surface area contributed by atoms with Crippen molar-refractivity contribution in [3.63, 3.8) is 0 Å². The van der Waals surface area contributed by atoms with Crippen molar-refractivity contribution < 1.29 is 0 Å². The third-order valence-electron chi connectivity index (χ3n) is 4.28. The summed E-state index contributed by atoms with van der Waals surface area (Å²) >= 11 is 0. The van der Waals surface area contributed by atoms with Gasteiger partial charge in [0.25, 0.3) is 0 Å². The van der Waals surface area contributed by atoms with Crippen molar-refractivity contribution in [2.24, 2.45) is 0 Å². The number of pyridine rings is 2. The number of H-pyrrole nitrogens is 1. The van der Waals surface area contributed by atoms with E-state index in [9.17, 15) is 0 Å². The topological polar surface area (TPSA) is 60.9 Å². The maximum absolute atomic E-state index is 4.45. The summed E-state index contributed by atoms with van der Waals surface area (Å²) in [5, 5.41) is 0. The summed E-state index contributed by atoms with van der Waals surface area (Å²) in [5.41, 5.74) is 2.01. The molecule has 0 spiro atoms. The lowest BCUT2D eigenvalue weighted by Gasteiger charge is -2.35. The van der Waals surface area contributed by atoms with Gasteiger partial charge in [0.15, 0.2) is 5.82 Å². The summed E-state index contributed by atoms with van der Waals surface area (Å²) in [6.45, 7) is 4.93. The molecular formula is C18H20N6. The second-order valence-electron chi connectivity index (χ2n) is 5.92. The first-order valence-electron chi connectivity index (χ1n) is 8.22. The van der Waals surface area contributed by atoms with Crippen LogP contribution in [0.15, 0.2) is 55.0 Å². The highest BCUT2D eigenvalue weighted by atomic mass is 15.3. The highest BCUT2D eigenvalue weighted by molar-refractivity contribution is 5.48. The summed E-state index contributed by atoms with van der Waals surface area (Å²) in [6.07, 6.45) is 5.55. The number of rotatable bonds is 4. The van der Waals surface area contributed by atoms with Gasteiger partial charge in [-0.1, -0.05) is 12.1 Å². The Morgan fingerprint density at radius 2 is 1.67 bits per heavy atom. The molecule has 4 heterocycles. The highest BCUT2D eigenvalue weighted by Gasteiger charge is 2.18. The van der Waals surface area contributed by atoms with Crippen molar-refractivity contribution in [1.29, 1.82) is 0 Å². The largest absolute Gasteiger partial charge is 0.354 e. The van der Waals surface area contributed by atoms with Crippen LogP contribution < -0.4 is 4.90 Å². The van der Waals surface area contributed by atoms with Gasteiger partial charge in [-0.05, 0) is 24.3 Å². The van der Waals surface area contributed by atoms with Gasteiger partial charge in [-0.3, -0.25) is 9.88 Å². The van der Waals surface area contributed by atoms with Crippen LogP contribution >= 0.6 is 0 Å².